The quantitative estimate of drug-likeness (QED) is 0.393. The summed E-state index contributed by atoms with van der Waals surface area (Å²) in [6, 6.07) is 9.44. The summed E-state index contributed by atoms with van der Waals surface area (Å²) in [5, 5.41) is 12.7. The predicted octanol–water partition coefficient (Wildman–Crippen LogP) is 4.33. The van der Waals surface area contributed by atoms with Gasteiger partial charge in [0.2, 0.25) is 11.9 Å². The Morgan fingerprint density at radius 3 is 2.66 bits per heavy atom. The van der Waals surface area contributed by atoms with Crippen molar-refractivity contribution in [3.63, 3.8) is 0 Å². The first kappa shape index (κ1) is 23.2. The average molecular weight is 476 g/mol. The summed E-state index contributed by atoms with van der Waals surface area (Å²) >= 11 is 0. The average Bonchev–Trinajstić information content (AvgIpc) is 3.62. The molecule has 0 bridgehead atoms. The second-order valence-electron chi connectivity index (χ2n) is 10.2. The summed E-state index contributed by atoms with van der Waals surface area (Å²) in [7, 11) is 0. The predicted molar refractivity (Wildman–Crippen MR) is 134 cm³/mol. The van der Waals surface area contributed by atoms with Gasteiger partial charge in [0.15, 0.2) is 0 Å². The minimum absolute atomic E-state index is 0.184. The zero-order chi connectivity index (χ0) is 24.6. The van der Waals surface area contributed by atoms with Gasteiger partial charge in [-0.15, -0.1) is 0 Å². The Hall–Kier alpha value is -3.59. The highest BCUT2D eigenvalue weighted by atomic mass is 19.1. The summed E-state index contributed by atoms with van der Waals surface area (Å²) in [4.78, 5) is 25.9. The Morgan fingerprint density at radius 2 is 1.89 bits per heavy atom. The topological polar surface area (TPSA) is 104 Å². The lowest BCUT2D eigenvalue weighted by Gasteiger charge is -2.20. The lowest BCUT2D eigenvalue weighted by molar-refractivity contribution is 0.0951. The second kappa shape index (κ2) is 9.22. The number of fused-ring (bicyclic) bond motifs is 1. The van der Waals surface area contributed by atoms with Gasteiger partial charge in [0.1, 0.15) is 11.4 Å². The molecule has 8 nitrogen and oxygen atoms in total. The number of anilines is 4. The van der Waals surface area contributed by atoms with Gasteiger partial charge in [0, 0.05) is 41.6 Å². The zero-order valence-corrected chi connectivity index (χ0v) is 20.2. The molecule has 0 unspecified atom stereocenters. The number of carbonyl (C=O) groups is 1. The fourth-order valence-electron chi connectivity index (χ4n) is 3.97. The molecule has 9 heteroatoms. The number of benzene rings is 1. The molecule has 1 aliphatic carbocycles. The molecular formula is C26H30FN7O. The minimum atomic E-state index is -0.597. The molecule has 2 aromatic heterocycles. The van der Waals surface area contributed by atoms with Crippen LogP contribution in [0.15, 0.2) is 36.5 Å². The number of rotatable bonds is 6. The van der Waals surface area contributed by atoms with E-state index in [1.807, 2.05) is 26.8 Å². The Morgan fingerprint density at radius 1 is 1.06 bits per heavy atom. The molecular weight excluding hydrogens is 445 g/mol. The van der Waals surface area contributed by atoms with E-state index in [4.69, 9.17) is 0 Å². The van der Waals surface area contributed by atoms with Gasteiger partial charge < -0.3 is 21.3 Å². The van der Waals surface area contributed by atoms with E-state index in [1.54, 1.807) is 6.07 Å². The molecule has 1 amide bonds. The molecule has 3 aromatic rings. The van der Waals surface area contributed by atoms with Crippen LogP contribution in [-0.4, -0.2) is 33.4 Å². The first-order valence-electron chi connectivity index (χ1n) is 12.0. The van der Waals surface area contributed by atoms with E-state index in [2.05, 4.69) is 48.4 Å². The number of nitrogens with zero attached hydrogens (tertiary/aromatic N) is 3. The van der Waals surface area contributed by atoms with Crippen LogP contribution in [0.2, 0.25) is 0 Å². The Bertz CT molecular complexity index is 1270. The zero-order valence-electron chi connectivity index (χ0n) is 20.2. The number of hydrogen-bond donors (Lipinski definition) is 4. The summed E-state index contributed by atoms with van der Waals surface area (Å²) < 4.78 is 14.3. The van der Waals surface area contributed by atoms with Gasteiger partial charge >= 0.3 is 0 Å². The number of halogens is 1. The molecule has 1 aromatic carbocycles. The second-order valence-corrected chi connectivity index (χ2v) is 10.2. The third-order valence-corrected chi connectivity index (χ3v) is 6.12. The minimum Gasteiger partial charge on any atom is -0.349 e. The molecule has 0 atom stereocenters. The van der Waals surface area contributed by atoms with E-state index in [0.717, 1.165) is 38.0 Å². The van der Waals surface area contributed by atoms with Gasteiger partial charge in [0.05, 0.1) is 5.69 Å². The van der Waals surface area contributed by atoms with Crippen LogP contribution in [0, 0.1) is 5.95 Å². The van der Waals surface area contributed by atoms with Crippen LogP contribution in [0.4, 0.5) is 27.5 Å². The molecule has 0 radical (unpaired) electrons. The van der Waals surface area contributed by atoms with E-state index < -0.39 is 5.95 Å². The summed E-state index contributed by atoms with van der Waals surface area (Å²) in [5.74, 6) is -0.212. The summed E-state index contributed by atoms with van der Waals surface area (Å²) in [6.07, 6.45) is 4.39. The number of nitrogens with one attached hydrogen (secondary N) is 4. The van der Waals surface area contributed by atoms with Gasteiger partial charge in [-0.05, 0) is 55.1 Å². The van der Waals surface area contributed by atoms with Gasteiger partial charge in [-0.3, -0.25) is 4.79 Å². The van der Waals surface area contributed by atoms with E-state index in [0.29, 0.717) is 28.7 Å². The van der Waals surface area contributed by atoms with Crippen molar-refractivity contribution in [2.45, 2.75) is 58.0 Å². The van der Waals surface area contributed by atoms with Gasteiger partial charge in [-0.25, -0.2) is 9.97 Å². The monoisotopic (exact) mass is 475 g/mol. The molecule has 3 heterocycles. The Labute approximate surface area is 204 Å². The van der Waals surface area contributed by atoms with E-state index in [9.17, 15) is 9.18 Å². The fourth-order valence-corrected chi connectivity index (χ4v) is 3.97. The maximum atomic E-state index is 14.3. The van der Waals surface area contributed by atoms with Crippen molar-refractivity contribution < 1.29 is 9.18 Å². The number of amides is 1. The SMILES string of the molecule is CC(C)(C)c1cc(Nc2nc(Nc3ccc4c(c3)CCNC4)ncc2C(=O)NC2CC2)cc(F)n1. The largest absolute Gasteiger partial charge is 0.349 e. The third kappa shape index (κ3) is 5.57. The van der Waals surface area contributed by atoms with Crippen molar-refractivity contribution in [3.8, 4) is 0 Å². The molecule has 0 spiro atoms. The summed E-state index contributed by atoms with van der Waals surface area (Å²) in [6.45, 7) is 7.71. The maximum absolute atomic E-state index is 14.3. The number of aromatic nitrogens is 3. The lowest BCUT2D eigenvalue weighted by atomic mass is 9.91. The van der Waals surface area contributed by atoms with Crippen LogP contribution in [0.5, 0.6) is 0 Å². The highest BCUT2D eigenvalue weighted by Crippen LogP contribution is 2.28. The molecule has 1 saturated carbocycles. The van der Waals surface area contributed by atoms with Crippen LogP contribution in [0.1, 0.15) is 60.8 Å². The highest BCUT2D eigenvalue weighted by molar-refractivity contribution is 5.99. The van der Waals surface area contributed by atoms with Crippen molar-refractivity contribution >= 4 is 29.0 Å². The van der Waals surface area contributed by atoms with E-state index >= 15 is 0 Å². The van der Waals surface area contributed by atoms with Crippen LogP contribution in [0.3, 0.4) is 0 Å². The molecule has 4 N–H and O–H groups in total. The first-order chi connectivity index (χ1) is 16.7. The fraction of sp³-hybridized carbons (Fsp3) is 0.385. The number of carbonyl (C=O) groups excluding carboxylic acids is 1. The molecule has 35 heavy (non-hydrogen) atoms. The molecule has 2 aliphatic rings. The van der Waals surface area contributed by atoms with Crippen LogP contribution in [0.25, 0.3) is 0 Å². The van der Waals surface area contributed by atoms with Gasteiger partial charge in [-0.1, -0.05) is 26.8 Å². The standard InChI is InChI=1S/C26H30FN7O/c1-26(2,3)21-11-19(12-22(27)33-21)30-23-20(24(35)31-17-6-7-17)14-29-25(34-23)32-18-5-4-16-13-28-9-8-15(16)10-18/h4-5,10-12,14,17,28H,6-9,13H2,1-3H3,(H,31,35)(H2,29,30,32,33,34). The normalized spacial score (nSPS) is 15.3. The maximum Gasteiger partial charge on any atom is 0.256 e. The van der Waals surface area contributed by atoms with Crippen molar-refractivity contribution in [1.29, 1.82) is 0 Å². The van der Waals surface area contributed by atoms with Crippen molar-refractivity contribution in [1.82, 2.24) is 25.6 Å². The van der Waals surface area contributed by atoms with Crippen LogP contribution >= 0.6 is 0 Å². The Kier molecular flexibility index (Phi) is 6.10. The van der Waals surface area contributed by atoms with Gasteiger partial charge in [-0.2, -0.15) is 9.37 Å². The van der Waals surface area contributed by atoms with Gasteiger partial charge in [0.25, 0.3) is 5.91 Å². The first-order valence-corrected chi connectivity index (χ1v) is 12.0. The van der Waals surface area contributed by atoms with Crippen LogP contribution in [-0.2, 0) is 18.4 Å². The third-order valence-electron chi connectivity index (χ3n) is 6.12. The number of pyridine rings is 1. The van der Waals surface area contributed by atoms with Crippen molar-refractivity contribution in [2.75, 3.05) is 17.2 Å². The number of hydrogen-bond acceptors (Lipinski definition) is 7. The smallest absolute Gasteiger partial charge is 0.256 e. The van der Waals surface area contributed by atoms with Crippen molar-refractivity contribution in [3.05, 3.63) is 64.9 Å². The molecule has 5 rings (SSSR count). The molecule has 1 fully saturated rings. The summed E-state index contributed by atoms with van der Waals surface area (Å²) in [5.41, 5.74) is 4.46. The van der Waals surface area contributed by atoms with E-state index in [1.165, 1.54) is 23.4 Å². The molecule has 0 saturated heterocycles. The van der Waals surface area contributed by atoms with Crippen LogP contribution < -0.4 is 21.3 Å². The molecule has 1 aliphatic heterocycles. The van der Waals surface area contributed by atoms with Crippen molar-refractivity contribution in [2.24, 2.45) is 0 Å². The lowest BCUT2D eigenvalue weighted by Crippen LogP contribution is -2.26. The highest BCUT2D eigenvalue weighted by Gasteiger charge is 2.26. The van der Waals surface area contributed by atoms with E-state index in [-0.39, 0.29) is 17.4 Å². The molecule has 182 valence electrons. The Balaban J connectivity index is 1.46.